The van der Waals surface area contributed by atoms with E-state index in [9.17, 15) is 0 Å². The summed E-state index contributed by atoms with van der Waals surface area (Å²) < 4.78 is 0. The van der Waals surface area contributed by atoms with Gasteiger partial charge in [0.1, 0.15) is 0 Å². The van der Waals surface area contributed by atoms with Crippen molar-refractivity contribution in [2.45, 2.75) is 174 Å². The molecule has 0 spiro atoms. The molecular weight excluding hydrogens is 785 g/mol. The molecular formula is C63H72N2. The van der Waals surface area contributed by atoms with Gasteiger partial charge in [-0.3, -0.25) is 0 Å². The Labute approximate surface area is 391 Å². The van der Waals surface area contributed by atoms with E-state index in [4.69, 9.17) is 0 Å². The van der Waals surface area contributed by atoms with E-state index < -0.39 is 0 Å². The van der Waals surface area contributed by atoms with Gasteiger partial charge in [-0.25, -0.2) is 0 Å². The van der Waals surface area contributed by atoms with Crippen molar-refractivity contribution in [3.63, 3.8) is 0 Å². The van der Waals surface area contributed by atoms with E-state index in [2.05, 4.69) is 224 Å². The average Bonchev–Trinajstić information content (AvgIpc) is 3.61. The standard InChI is InChI=1S/C63H72N2/c1-37-26-53-56-54(27-37)65(50-25-22-39(57(2,3)4)28-41(50)38-20-18-17-19-21-38)52-33-49-47(61(11,12)36-63(49,15)16)31-43(52)55(56)42-30-46-48(62(13,14)35-60(46,9)10)32-51(42)64(53)40-23-24-44-45(29-40)59(7,8)34-58(44,5)6/h17-33,55H,34-36H2,1-16H3. The van der Waals surface area contributed by atoms with Gasteiger partial charge in [0.2, 0.25) is 0 Å². The third kappa shape index (κ3) is 6.10. The number of nitrogens with zero attached hydrogens (tertiary/aromatic N) is 2. The lowest BCUT2D eigenvalue weighted by molar-refractivity contribution is 0.402. The molecule has 0 N–H and O–H groups in total. The Bertz CT molecular complexity index is 3010. The Hall–Kier alpha value is -5.08. The van der Waals surface area contributed by atoms with Crippen LogP contribution in [0.2, 0.25) is 0 Å². The number of fused-ring (bicyclic) bond motifs is 7. The topological polar surface area (TPSA) is 6.48 Å². The number of hydrogen-bond acceptors (Lipinski definition) is 2. The van der Waals surface area contributed by atoms with Crippen LogP contribution in [0.15, 0.2) is 103 Å². The van der Waals surface area contributed by atoms with E-state index in [0.717, 1.165) is 19.3 Å². The van der Waals surface area contributed by atoms with Gasteiger partial charge >= 0.3 is 0 Å². The van der Waals surface area contributed by atoms with Crippen LogP contribution in [0.3, 0.4) is 0 Å². The van der Waals surface area contributed by atoms with Gasteiger partial charge in [0, 0.05) is 22.7 Å². The van der Waals surface area contributed by atoms with Crippen molar-refractivity contribution in [2.75, 3.05) is 9.80 Å². The highest BCUT2D eigenvalue weighted by atomic mass is 15.2. The molecule has 1 unspecified atom stereocenters. The lowest BCUT2D eigenvalue weighted by Crippen LogP contribution is -2.31. The first-order valence-electron chi connectivity index (χ1n) is 24.7. The zero-order chi connectivity index (χ0) is 46.3. The van der Waals surface area contributed by atoms with Crippen LogP contribution < -0.4 is 9.80 Å². The summed E-state index contributed by atoms with van der Waals surface area (Å²) in [6.07, 6.45) is 3.41. The third-order valence-electron chi connectivity index (χ3n) is 17.0. The molecule has 11 rings (SSSR count). The molecule has 2 heteroatoms. The van der Waals surface area contributed by atoms with E-state index in [1.807, 2.05) is 0 Å². The lowest BCUT2D eigenvalue weighted by Gasteiger charge is -2.47. The molecule has 0 aromatic heterocycles. The second-order valence-electron chi connectivity index (χ2n) is 26.1. The van der Waals surface area contributed by atoms with Crippen molar-refractivity contribution in [3.05, 3.63) is 164 Å². The molecule has 2 aliphatic heterocycles. The second kappa shape index (κ2) is 13.1. The zero-order valence-corrected chi connectivity index (χ0v) is 42.4. The van der Waals surface area contributed by atoms with Crippen LogP contribution in [0, 0.1) is 6.92 Å². The maximum atomic E-state index is 2.70. The Kier molecular flexibility index (Phi) is 8.56. The molecule has 0 saturated heterocycles. The Morgan fingerprint density at radius 2 is 0.892 bits per heavy atom. The van der Waals surface area contributed by atoms with E-state index >= 15 is 0 Å². The normalized spacial score (nSPS) is 21.6. The van der Waals surface area contributed by atoms with Crippen LogP contribution >= 0.6 is 0 Å². The molecule has 3 aliphatic carbocycles. The van der Waals surface area contributed by atoms with Gasteiger partial charge in [-0.1, -0.05) is 158 Å². The first-order chi connectivity index (χ1) is 30.2. The highest BCUT2D eigenvalue weighted by molar-refractivity contribution is 6.00. The molecule has 334 valence electrons. The molecule has 0 fully saturated rings. The minimum absolute atomic E-state index is 0.00164. The molecule has 2 nitrogen and oxygen atoms in total. The smallest absolute Gasteiger partial charge is 0.0540 e. The highest BCUT2D eigenvalue weighted by Gasteiger charge is 2.50. The fourth-order valence-corrected chi connectivity index (χ4v) is 14.8. The summed E-state index contributed by atoms with van der Waals surface area (Å²) in [5.41, 5.74) is 26.7. The molecule has 6 aromatic rings. The zero-order valence-electron chi connectivity index (χ0n) is 42.4. The molecule has 1 atom stereocenters. The Morgan fingerprint density at radius 1 is 0.431 bits per heavy atom. The first kappa shape index (κ1) is 42.5. The second-order valence-corrected chi connectivity index (χ2v) is 26.1. The molecule has 5 aliphatic rings. The van der Waals surface area contributed by atoms with Crippen molar-refractivity contribution in [2.24, 2.45) is 0 Å². The number of aryl methyl sites for hydroxylation is 1. The monoisotopic (exact) mass is 857 g/mol. The minimum atomic E-state index is -0.00164. The van der Waals surface area contributed by atoms with Gasteiger partial charge in [0.25, 0.3) is 0 Å². The third-order valence-corrected chi connectivity index (χ3v) is 17.0. The molecule has 6 aromatic carbocycles. The average molecular weight is 857 g/mol. The number of hydrogen-bond donors (Lipinski definition) is 0. The van der Waals surface area contributed by atoms with Gasteiger partial charge in [-0.05, 0) is 174 Å². The van der Waals surface area contributed by atoms with Crippen molar-refractivity contribution in [3.8, 4) is 11.1 Å². The van der Waals surface area contributed by atoms with Crippen molar-refractivity contribution in [1.82, 2.24) is 0 Å². The summed E-state index contributed by atoms with van der Waals surface area (Å²) in [5, 5.41) is 0. The quantitative estimate of drug-likeness (QED) is 0.175. The van der Waals surface area contributed by atoms with E-state index in [1.165, 1.54) is 106 Å². The van der Waals surface area contributed by atoms with Crippen LogP contribution in [0.5, 0.6) is 0 Å². The molecule has 2 heterocycles. The highest BCUT2D eigenvalue weighted by Crippen LogP contribution is 2.65. The number of anilines is 6. The van der Waals surface area contributed by atoms with Gasteiger partial charge in [0.05, 0.1) is 28.4 Å². The summed E-state index contributed by atoms with van der Waals surface area (Å²) in [5.74, 6) is 0.0616. The molecule has 0 saturated carbocycles. The minimum Gasteiger partial charge on any atom is -0.310 e. The van der Waals surface area contributed by atoms with Crippen LogP contribution in [-0.4, -0.2) is 0 Å². The Morgan fingerprint density at radius 3 is 1.42 bits per heavy atom. The van der Waals surface area contributed by atoms with Crippen LogP contribution in [-0.2, 0) is 37.9 Å². The molecule has 65 heavy (non-hydrogen) atoms. The summed E-state index contributed by atoms with van der Waals surface area (Å²) in [7, 11) is 0. The summed E-state index contributed by atoms with van der Waals surface area (Å²) in [6, 6.07) is 41.7. The van der Waals surface area contributed by atoms with Gasteiger partial charge in [0.15, 0.2) is 0 Å². The largest absolute Gasteiger partial charge is 0.310 e. The summed E-state index contributed by atoms with van der Waals surface area (Å²) in [4.78, 5) is 5.40. The van der Waals surface area contributed by atoms with Gasteiger partial charge in [-0.15, -0.1) is 0 Å². The SMILES string of the molecule is Cc1cc2c3c(c1)N(c1ccc(C(C)(C)C)cc1-c1ccccc1)c1cc4c(cc1C3c1cc3c(cc1N2c1ccc2c(c1)C(C)(C)CC2(C)C)C(C)(C)CC3(C)C)C(C)(C)CC4(C)C. The van der Waals surface area contributed by atoms with Crippen LogP contribution in [0.1, 0.15) is 190 Å². The first-order valence-corrected chi connectivity index (χ1v) is 24.7. The van der Waals surface area contributed by atoms with Crippen molar-refractivity contribution >= 4 is 34.1 Å². The predicted octanol–water partition coefficient (Wildman–Crippen LogP) is 17.6. The Balaban J connectivity index is 1.28. The maximum absolute atomic E-state index is 2.70. The fourth-order valence-electron chi connectivity index (χ4n) is 14.8. The summed E-state index contributed by atoms with van der Waals surface area (Å²) in [6.45, 7) is 39.0. The van der Waals surface area contributed by atoms with Crippen molar-refractivity contribution in [1.29, 1.82) is 0 Å². The summed E-state index contributed by atoms with van der Waals surface area (Å²) >= 11 is 0. The van der Waals surface area contributed by atoms with E-state index in [-0.39, 0.29) is 43.8 Å². The number of benzene rings is 6. The predicted molar refractivity (Wildman–Crippen MR) is 278 cm³/mol. The molecule has 0 bridgehead atoms. The van der Waals surface area contributed by atoms with E-state index in [0.29, 0.717) is 0 Å². The molecule has 0 amide bonds. The molecule has 0 radical (unpaired) electrons. The van der Waals surface area contributed by atoms with Crippen LogP contribution in [0.4, 0.5) is 34.1 Å². The van der Waals surface area contributed by atoms with Gasteiger partial charge < -0.3 is 9.80 Å². The maximum Gasteiger partial charge on any atom is 0.0540 e. The van der Waals surface area contributed by atoms with Gasteiger partial charge in [-0.2, -0.15) is 0 Å². The van der Waals surface area contributed by atoms with Crippen molar-refractivity contribution < 1.29 is 0 Å². The van der Waals surface area contributed by atoms with E-state index in [1.54, 1.807) is 0 Å². The van der Waals surface area contributed by atoms with Crippen LogP contribution in [0.25, 0.3) is 11.1 Å². The fraction of sp³-hybridized carbons (Fsp3) is 0.429. The number of rotatable bonds is 3. The lowest BCUT2D eigenvalue weighted by atomic mass is 9.72.